The van der Waals surface area contributed by atoms with Crippen LogP contribution >= 0.6 is 0 Å². The van der Waals surface area contributed by atoms with Gasteiger partial charge in [0.05, 0.1) is 0 Å². The molecular formula is C37H49N3. The highest BCUT2D eigenvalue weighted by Crippen LogP contribution is 2.39. The summed E-state index contributed by atoms with van der Waals surface area (Å²) in [5.41, 5.74) is 22.7. The number of rotatable bonds is 3. The topological polar surface area (TPSA) is 38.7 Å². The summed E-state index contributed by atoms with van der Waals surface area (Å²) in [6.45, 7) is 33.2. The van der Waals surface area contributed by atoms with E-state index in [0.29, 0.717) is 0 Å². The second-order valence-electron chi connectivity index (χ2n) is 11.8. The molecule has 0 N–H and O–H groups in total. The van der Waals surface area contributed by atoms with Crippen molar-refractivity contribution in [2.75, 3.05) is 0 Å². The van der Waals surface area contributed by atoms with Crippen molar-refractivity contribution >= 4 is 0 Å². The Balaban J connectivity index is 0.00000441. The molecule has 0 amide bonds. The minimum Gasteiger partial charge on any atom is -0.208 e. The van der Waals surface area contributed by atoms with Crippen LogP contribution in [0.5, 0.6) is 0 Å². The van der Waals surface area contributed by atoms with Crippen molar-refractivity contribution in [3.63, 3.8) is 0 Å². The van der Waals surface area contributed by atoms with E-state index in [1.54, 1.807) is 0 Å². The van der Waals surface area contributed by atoms with E-state index in [1.807, 2.05) is 0 Å². The fourth-order valence-electron chi connectivity index (χ4n) is 6.22. The van der Waals surface area contributed by atoms with Gasteiger partial charge < -0.3 is 0 Å². The Bertz CT molecular complexity index is 1390. The van der Waals surface area contributed by atoms with Crippen LogP contribution in [0.2, 0.25) is 0 Å². The number of hydrogen-bond donors (Lipinski definition) is 0. The van der Waals surface area contributed by atoms with Gasteiger partial charge in [-0.2, -0.15) is 0 Å². The van der Waals surface area contributed by atoms with Crippen LogP contribution in [0.3, 0.4) is 0 Å². The smallest absolute Gasteiger partial charge is 0.164 e. The Morgan fingerprint density at radius 1 is 0.225 bits per heavy atom. The van der Waals surface area contributed by atoms with Crippen molar-refractivity contribution in [2.45, 2.75) is 111 Å². The van der Waals surface area contributed by atoms with Gasteiger partial charge in [0.2, 0.25) is 0 Å². The van der Waals surface area contributed by atoms with Crippen LogP contribution in [0.1, 0.15) is 90.9 Å². The predicted octanol–water partition coefficient (Wildman–Crippen LogP) is 10.1. The summed E-state index contributed by atoms with van der Waals surface area (Å²) in [5, 5.41) is 0. The van der Waals surface area contributed by atoms with Gasteiger partial charge in [0, 0.05) is 16.7 Å². The first-order valence-electron chi connectivity index (χ1n) is 14.1. The van der Waals surface area contributed by atoms with E-state index in [2.05, 4.69) is 104 Å². The maximum atomic E-state index is 5.27. The Hall–Kier alpha value is -3.33. The third-order valence-electron chi connectivity index (χ3n) is 10.3. The van der Waals surface area contributed by atoms with Gasteiger partial charge in [-0.3, -0.25) is 0 Å². The lowest BCUT2D eigenvalue weighted by Gasteiger charge is -2.22. The molecule has 40 heavy (non-hydrogen) atoms. The van der Waals surface area contributed by atoms with Crippen LogP contribution in [-0.4, -0.2) is 15.0 Å². The molecule has 0 bridgehead atoms. The Morgan fingerprint density at radius 2 is 0.350 bits per heavy atom. The summed E-state index contributed by atoms with van der Waals surface area (Å²) >= 11 is 0. The fourth-order valence-corrected chi connectivity index (χ4v) is 6.22. The molecule has 0 aliphatic rings. The number of benzene rings is 3. The molecule has 0 fully saturated rings. The molecule has 0 radical (unpaired) electrons. The van der Waals surface area contributed by atoms with Crippen molar-refractivity contribution in [3.8, 4) is 34.2 Å². The molecule has 3 nitrogen and oxygen atoms in total. The predicted molar refractivity (Wildman–Crippen MR) is 174 cm³/mol. The van der Waals surface area contributed by atoms with Crippen molar-refractivity contribution in [1.82, 2.24) is 15.0 Å². The molecule has 3 heteroatoms. The van der Waals surface area contributed by atoms with E-state index in [9.17, 15) is 0 Å². The first-order chi connectivity index (χ1) is 18.1. The fraction of sp³-hybridized carbons (Fsp3) is 0.432. The average Bonchev–Trinajstić information content (AvgIpc) is 2.91. The van der Waals surface area contributed by atoms with Crippen molar-refractivity contribution < 1.29 is 0 Å². The third kappa shape index (κ3) is 4.58. The van der Waals surface area contributed by atoms with Gasteiger partial charge in [-0.05, 0) is 187 Å². The van der Waals surface area contributed by atoms with Crippen LogP contribution in [0, 0.1) is 104 Å². The average molecular weight is 536 g/mol. The highest BCUT2D eigenvalue weighted by Gasteiger charge is 2.24. The molecule has 1 aromatic heterocycles. The molecular weight excluding hydrogens is 486 g/mol. The summed E-state index contributed by atoms with van der Waals surface area (Å²) in [7, 11) is 0. The Labute approximate surface area is 243 Å². The standard InChI is InChI=1S/C36H45N3.CH4/c1-16-19(4)25(10)31(26(11)20(16)5)34-37-35(32-27(12)21(6)17(2)22(7)28(32)13)39-36(38-34)33-29(14)23(8)18(3)24(9)30(33)15;/h1-15H3;1H4. The van der Waals surface area contributed by atoms with Crippen LogP contribution < -0.4 is 0 Å². The zero-order valence-corrected chi connectivity index (χ0v) is 26.8. The molecule has 1 heterocycles. The molecule has 212 valence electrons. The lowest BCUT2D eigenvalue weighted by atomic mass is 9.87. The lowest BCUT2D eigenvalue weighted by Crippen LogP contribution is -2.09. The second kappa shape index (κ2) is 10.9. The van der Waals surface area contributed by atoms with Crippen LogP contribution in [-0.2, 0) is 0 Å². The summed E-state index contributed by atoms with van der Waals surface area (Å²) in [5.74, 6) is 2.29. The zero-order valence-electron chi connectivity index (χ0n) is 26.8. The van der Waals surface area contributed by atoms with E-state index >= 15 is 0 Å². The second-order valence-corrected chi connectivity index (χ2v) is 11.8. The monoisotopic (exact) mass is 535 g/mol. The van der Waals surface area contributed by atoms with E-state index in [-0.39, 0.29) is 7.43 Å². The quantitative estimate of drug-likeness (QED) is 0.262. The maximum absolute atomic E-state index is 5.27. The van der Waals surface area contributed by atoms with Gasteiger partial charge in [0.25, 0.3) is 0 Å². The Morgan fingerprint density at radius 3 is 0.500 bits per heavy atom. The van der Waals surface area contributed by atoms with E-state index in [0.717, 1.165) is 34.2 Å². The normalized spacial score (nSPS) is 11.2. The van der Waals surface area contributed by atoms with E-state index in [4.69, 9.17) is 15.0 Å². The molecule has 0 saturated carbocycles. The SMILES string of the molecule is C.Cc1c(C)c(C)c(-c2nc(-c3c(C)c(C)c(C)c(C)c3C)nc(-c3c(C)c(C)c(C)c(C)c3C)n2)c(C)c1C. The zero-order chi connectivity index (χ0) is 29.2. The number of nitrogens with zero attached hydrogens (tertiary/aromatic N) is 3. The minimum atomic E-state index is 0. The van der Waals surface area contributed by atoms with Gasteiger partial charge in [-0.25, -0.2) is 15.0 Å². The Kier molecular flexibility index (Phi) is 8.52. The van der Waals surface area contributed by atoms with E-state index in [1.165, 1.54) is 83.5 Å². The minimum absolute atomic E-state index is 0. The molecule has 0 saturated heterocycles. The van der Waals surface area contributed by atoms with E-state index < -0.39 is 0 Å². The highest BCUT2D eigenvalue weighted by molar-refractivity contribution is 5.78. The van der Waals surface area contributed by atoms with Crippen molar-refractivity contribution in [1.29, 1.82) is 0 Å². The summed E-state index contributed by atoms with van der Waals surface area (Å²) in [6, 6.07) is 0. The van der Waals surface area contributed by atoms with Crippen molar-refractivity contribution in [2.24, 2.45) is 0 Å². The summed E-state index contributed by atoms with van der Waals surface area (Å²) in [4.78, 5) is 15.8. The van der Waals surface area contributed by atoms with Crippen LogP contribution in [0.15, 0.2) is 0 Å². The molecule has 3 aromatic carbocycles. The summed E-state index contributed by atoms with van der Waals surface area (Å²) < 4.78 is 0. The van der Waals surface area contributed by atoms with Gasteiger partial charge in [0.1, 0.15) is 0 Å². The molecule has 0 spiro atoms. The molecule has 4 rings (SSSR count). The van der Waals surface area contributed by atoms with Gasteiger partial charge >= 0.3 is 0 Å². The van der Waals surface area contributed by atoms with Gasteiger partial charge in [-0.1, -0.05) is 7.43 Å². The molecule has 0 aliphatic carbocycles. The number of aromatic nitrogens is 3. The first-order valence-corrected chi connectivity index (χ1v) is 14.1. The van der Waals surface area contributed by atoms with Gasteiger partial charge in [0.15, 0.2) is 17.5 Å². The third-order valence-corrected chi connectivity index (χ3v) is 10.3. The highest BCUT2D eigenvalue weighted by atomic mass is 15.0. The van der Waals surface area contributed by atoms with Crippen molar-refractivity contribution in [3.05, 3.63) is 83.5 Å². The van der Waals surface area contributed by atoms with Crippen LogP contribution in [0.25, 0.3) is 34.2 Å². The molecule has 0 aliphatic heterocycles. The maximum Gasteiger partial charge on any atom is 0.164 e. The largest absolute Gasteiger partial charge is 0.208 e. The molecule has 4 aromatic rings. The molecule has 0 atom stereocenters. The first kappa shape index (κ1) is 31.2. The summed E-state index contributed by atoms with van der Waals surface area (Å²) in [6.07, 6.45) is 0. The molecule has 0 unspecified atom stereocenters. The van der Waals surface area contributed by atoms with Gasteiger partial charge in [-0.15, -0.1) is 0 Å². The van der Waals surface area contributed by atoms with Crippen LogP contribution in [0.4, 0.5) is 0 Å². The lowest BCUT2D eigenvalue weighted by molar-refractivity contribution is 1.03. The number of hydrogen-bond acceptors (Lipinski definition) is 3.